The zero-order valence-electron chi connectivity index (χ0n) is 5.60. The number of nitrogens with zero attached hydrogens (tertiary/aromatic N) is 1. The van der Waals surface area contributed by atoms with E-state index < -0.39 is 6.43 Å². The molecule has 0 aliphatic carbocycles. The van der Waals surface area contributed by atoms with Gasteiger partial charge < -0.3 is 17.4 Å². The third-order valence-electron chi connectivity index (χ3n) is 0.890. The van der Waals surface area contributed by atoms with Gasteiger partial charge >= 0.3 is 23.1 Å². The molecule has 0 fully saturated rings. The van der Waals surface area contributed by atoms with E-state index in [-0.39, 0.29) is 41.0 Å². The van der Waals surface area contributed by atoms with Crippen LogP contribution in [-0.4, -0.2) is 28.0 Å². The molecule has 0 amide bonds. The second-order valence-corrected chi connectivity index (χ2v) is 1.52. The number of rotatable bonds is 1. The van der Waals surface area contributed by atoms with Gasteiger partial charge in [0, 0.05) is 0 Å². The average molecular weight is 188 g/mol. The molecule has 5 heteroatoms. The first kappa shape index (κ1) is 13.6. The Labute approximate surface area is 85.8 Å². The maximum Gasteiger partial charge on any atom is 2.00 e. The van der Waals surface area contributed by atoms with Gasteiger partial charge in [-0.15, -0.1) is 0 Å². The fourth-order valence-corrected chi connectivity index (χ4v) is 0.460. The zero-order chi connectivity index (χ0) is 6.69. The molecule has 0 aliphatic heterocycles. The predicted octanol–water partition coefficient (Wildman–Crippen LogP) is -1.56. The summed E-state index contributed by atoms with van der Waals surface area (Å²) in [6.07, 6.45) is 1.08. The van der Waals surface area contributed by atoms with Crippen LogP contribution >= 0.6 is 0 Å². The van der Waals surface area contributed by atoms with Crippen molar-refractivity contribution in [3.8, 4) is 0 Å². The summed E-state index contributed by atoms with van der Waals surface area (Å²) < 4.78 is 23.4. The number of alkyl halides is 2. The van der Waals surface area contributed by atoms with Crippen LogP contribution in [0.2, 0.25) is 0 Å². The van der Waals surface area contributed by atoms with Gasteiger partial charge in [0.05, 0.1) is 0 Å². The summed E-state index contributed by atoms with van der Waals surface area (Å²) in [5.41, 5.74) is -0.0613. The molecule has 0 aromatic carbocycles. The number of aromatic nitrogens is 1. The number of hydrogen-bond donors (Lipinski definition) is 0. The largest absolute Gasteiger partial charge is 2.00 e. The van der Waals surface area contributed by atoms with Gasteiger partial charge in [-0.1, -0.05) is 18.0 Å². The normalized spacial score (nSPS) is 8.27. The van der Waals surface area contributed by atoms with Gasteiger partial charge in [-0.3, -0.25) is 0 Å². The van der Waals surface area contributed by atoms with Gasteiger partial charge in [0.15, 0.2) is 0 Å². The average Bonchev–Trinajstić information content (AvgIpc) is 1.90. The molecule has 1 aromatic heterocycles. The van der Waals surface area contributed by atoms with Crippen molar-refractivity contribution in [2.24, 2.45) is 0 Å². The summed E-state index contributed by atoms with van der Waals surface area (Å²) in [6.45, 7) is 0. The second-order valence-electron chi connectivity index (χ2n) is 1.52. The minimum absolute atomic E-state index is 0. The molecule has 0 atom stereocenters. The van der Waals surface area contributed by atoms with Crippen LogP contribution in [0.3, 0.4) is 0 Å². The van der Waals surface area contributed by atoms with E-state index in [2.05, 4.69) is 11.2 Å². The minimum Gasteiger partial charge on any atom is -1.00 e. The van der Waals surface area contributed by atoms with Crippen LogP contribution in [0.15, 0.2) is 18.3 Å². The minimum atomic E-state index is -2.42. The first-order valence-corrected chi connectivity index (χ1v) is 2.41. The topological polar surface area (TPSA) is 12.9 Å². The van der Waals surface area contributed by atoms with E-state index in [1.54, 1.807) is 0 Å². The Bertz CT molecular complexity index is 183. The Kier molecular flexibility index (Phi) is 8.38. The van der Waals surface area contributed by atoms with Crippen LogP contribution in [-0.2, 0) is 0 Å². The summed E-state index contributed by atoms with van der Waals surface area (Å²) >= 11 is 0. The summed E-state index contributed by atoms with van der Waals surface area (Å²) in [5.74, 6) is 0. The van der Waals surface area contributed by atoms with Gasteiger partial charge in [0.25, 0.3) is 0 Å². The maximum atomic E-state index is 11.7. The van der Waals surface area contributed by atoms with Gasteiger partial charge in [-0.05, 0) is 0 Å². The van der Waals surface area contributed by atoms with Crippen LogP contribution < -0.4 is 12.4 Å². The van der Waals surface area contributed by atoms with Crippen LogP contribution in [0.5, 0.6) is 0 Å². The molecule has 0 spiro atoms. The summed E-state index contributed by atoms with van der Waals surface area (Å²) in [7, 11) is 0. The molecule has 1 heterocycles. The van der Waals surface area contributed by atoms with Crippen molar-refractivity contribution in [3.05, 3.63) is 30.1 Å². The van der Waals surface area contributed by atoms with Gasteiger partial charge in [0.1, 0.15) is 0 Å². The van der Waals surface area contributed by atoms with Crippen molar-refractivity contribution in [2.45, 2.75) is 6.43 Å². The van der Waals surface area contributed by atoms with E-state index in [4.69, 9.17) is 0 Å². The molecule has 0 saturated carbocycles. The van der Waals surface area contributed by atoms with Crippen LogP contribution in [0.25, 0.3) is 0 Å². The molecule has 0 aliphatic rings. The van der Waals surface area contributed by atoms with E-state index in [9.17, 15) is 8.78 Å². The number of pyridine rings is 1. The third kappa shape index (κ3) is 4.50. The molecule has 1 aromatic rings. The predicted molar refractivity (Wildman–Crippen MR) is 33.8 cm³/mol. The van der Waals surface area contributed by atoms with E-state index >= 15 is 0 Å². The van der Waals surface area contributed by atoms with Gasteiger partial charge in [0.2, 0.25) is 6.43 Å². The fraction of sp³-hybridized carbons (Fsp3) is 0.167. The Morgan fingerprint density at radius 2 is 2.09 bits per heavy atom. The summed E-state index contributed by atoms with van der Waals surface area (Å²) in [5, 5.41) is 0. The smallest absolute Gasteiger partial charge is 1.00 e. The molecular weight excluding hydrogens is 184 g/mol. The standard InChI is InChI=1S/C6H4F2N.ClH.Mg/c7-6(8)5-2-1-3-9-4-5;;/h1-2,4,6H;1H;/q-1;;+2/p-1. The molecule has 0 radical (unpaired) electrons. The van der Waals surface area contributed by atoms with Crippen LogP contribution in [0, 0.1) is 6.20 Å². The zero-order valence-corrected chi connectivity index (χ0v) is 7.77. The molecule has 0 N–H and O–H groups in total. The molecule has 0 saturated heterocycles. The fourth-order valence-electron chi connectivity index (χ4n) is 0.460. The van der Waals surface area contributed by atoms with Crippen molar-refractivity contribution in [2.75, 3.05) is 0 Å². The SMILES string of the molecule is FC(F)c1cc[c-]nc1.[Cl-].[Mg+2]. The number of halogens is 3. The first-order chi connectivity index (χ1) is 4.30. The Morgan fingerprint density at radius 1 is 1.45 bits per heavy atom. The molecule has 1 nitrogen and oxygen atoms in total. The Morgan fingerprint density at radius 3 is 2.36 bits per heavy atom. The molecule has 56 valence electrons. The molecule has 1 rings (SSSR count). The quantitative estimate of drug-likeness (QED) is 0.383. The molecule has 0 bridgehead atoms. The van der Waals surface area contributed by atoms with Gasteiger partial charge in [-0.25, -0.2) is 8.78 Å². The van der Waals surface area contributed by atoms with E-state index in [1.165, 1.54) is 12.1 Å². The second kappa shape index (κ2) is 6.76. The maximum absolute atomic E-state index is 11.7. The Balaban J connectivity index is 0. The van der Waals surface area contributed by atoms with Crippen LogP contribution in [0.1, 0.15) is 12.0 Å². The van der Waals surface area contributed by atoms with Crippen molar-refractivity contribution in [1.82, 2.24) is 4.98 Å². The van der Waals surface area contributed by atoms with Crippen LogP contribution in [0.4, 0.5) is 8.78 Å². The monoisotopic (exact) mass is 187 g/mol. The molecular formula is C6H4ClF2MgN. The van der Waals surface area contributed by atoms with E-state index in [1.807, 2.05) is 0 Å². The van der Waals surface area contributed by atoms with Crippen molar-refractivity contribution in [3.63, 3.8) is 0 Å². The summed E-state index contributed by atoms with van der Waals surface area (Å²) in [4.78, 5) is 3.40. The van der Waals surface area contributed by atoms with E-state index in [0.717, 1.165) is 6.20 Å². The van der Waals surface area contributed by atoms with Crippen molar-refractivity contribution in [1.29, 1.82) is 0 Å². The molecule has 0 unspecified atom stereocenters. The molecule has 11 heavy (non-hydrogen) atoms. The van der Waals surface area contributed by atoms with Crippen molar-refractivity contribution < 1.29 is 21.2 Å². The summed E-state index contributed by atoms with van der Waals surface area (Å²) in [6, 6.07) is 2.65. The third-order valence-corrected chi connectivity index (χ3v) is 0.890. The number of hydrogen-bond acceptors (Lipinski definition) is 1. The van der Waals surface area contributed by atoms with Crippen molar-refractivity contribution >= 4 is 23.1 Å². The van der Waals surface area contributed by atoms with Gasteiger partial charge in [-0.2, -0.15) is 12.1 Å². The Hall–Kier alpha value is 0.0662. The van der Waals surface area contributed by atoms with E-state index in [0.29, 0.717) is 0 Å². The first-order valence-electron chi connectivity index (χ1n) is 2.41.